The van der Waals surface area contributed by atoms with E-state index in [1.165, 1.54) is 4.90 Å². The maximum absolute atomic E-state index is 12.1. The number of nitrogens with zero attached hydrogens (tertiary/aromatic N) is 3. The molecule has 20 heavy (non-hydrogen) atoms. The number of carboxylic acids is 1. The monoisotopic (exact) mass is 298 g/mol. The molecule has 1 fully saturated rings. The topological polar surface area (TPSA) is 87.5 Å². The second-order valence-corrected chi connectivity index (χ2v) is 5.84. The van der Waals surface area contributed by atoms with Gasteiger partial charge in [0.25, 0.3) is 0 Å². The van der Waals surface area contributed by atoms with Gasteiger partial charge in [0, 0.05) is 43.4 Å². The number of thioether (sulfide) groups is 1. The average molecular weight is 298 g/mol. The molecule has 1 atom stereocenters. The number of aliphatic carboxylic acids is 1. The van der Waals surface area contributed by atoms with Gasteiger partial charge in [-0.1, -0.05) is 0 Å². The summed E-state index contributed by atoms with van der Waals surface area (Å²) in [5, 5.41) is 16.1. The van der Waals surface area contributed by atoms with Gasteiger partial charge in [-0.3, -0.25) is 4.68 Å². The van der Waals surface area contributed by atoms with Gasteiger partial charge in [0.15, 0.2) is 0 Å². The Kier molecular flexibility index (Phi) is 4.53. The van der Waals surface area contributed by atoms with Crippen molar-refractivity contribution in [2.45, 2.75) is 19.5 Å². The van der Waals surface area contributed by atoms with E-state index in [9.17, 15) is 9.59 Å². The zero-order chi connectivity index (χ0) is 14.7. The van der Waals surface area contributed by atoms with E-state index in [0.29, 0.717) is 18.8 Å². The number of hydrogen-bond acceptors (Lipinski definition) is 4. The fourth-order valence-corrected chi connectivity index (χ4v) is 3.18. The molecule has 1 aliphatic heterocycles. The first-order chi connectivity index (χ1) is 9.49. The Bertz CT molecular complexity index is 517. The van der Waals surface area contributed by atoms with Crippen molar-refractivity contribution in [2.75, 3.05) is 18.1 Å². The summed E-state index contributed by atoms with van der Waals surface area (Å²) >= 11 is 1.56. The quantitative estimate of drug-likeness (QED) is 0.845. The Hall–Kier alpha value is -1.70. The lowest BCUT2D eigenvalue weighted by molar-refractivity contribution is -0.141. The van der Waals surface area contributed by atoms with Crippen LogP contribution in [0.2, 0.25) is 0 Å². The molecule has 1 unspecified atom stereocenters. The van der Waals surface area contributed by atoms with Crippen molar-refractivity contribution in [2.24, 2.45) is 7.05 Å². The summed E-state index contributed by atoms with van der Waals surface area (Å²) in [7, 11) is 1.82. The SMILES string of the molecule is Cc1nn(C)cc1CNC(=O)N1CCSCC1C(=O)O. The highest BCUT2D eigenvalue weighted by molar-refractivity contribution is 7.99. The largest absolute Gasteiger partial charge is 0.480 e. The van der Waals surface area contributed by atoms with Crippen LogP contribution < -0.4 is 5.32 Å². The minimum absolute atomic E-state index is 0.332. The second kappa shape index (κ2) is 6.17. The number of hydrogen-bond donors (Lipinski definition) is 2. The number of rotatable bonds is 3. The molecule has 0 aliphatic carbocycles. The van der Waals surface area contributed by atoms with Crippen molar-refractivity contribution in [3.63, 3.8) is 0 Å². The normalized spacial score (nSPS) is 18.9. The number of carbonyl (C=O) groups excluding carboxylic acids is 1. The fraction of sp³-hybridized carbons (Fsp3) is 0.583. The summed E-state index contributed by atoms with van der Waals surface area (Å²) < 4.78 is 1.69. The highest BCUT2D eigenvalue weighted by Gasteiger charge is 2.32. The Morgan fingerprint density at radius 2 is 2.35 bits per heavy atom. The summed E-state index contributed by atoms with van der Waals surface area (Å²) in [5.74, 6) is 0.252. The smallest absolute Gasteiger partial charge is 0.327 e. The molecule has 0 bridgehead atoms. The van der Waals surface area contributed by atoms with Gasteiger partial charge in [0.05, 0.1) is 5.69 Å². The van der Waals surface area contributed by atoms with Crippen LogP contribution in [0.3, 0.4) is 0 Å². The molecule has 0 saturated carbocycles. The van der Waals surface area contributed by atoms with Crippen molar-refractivity contribution in [3.05, 3.63) is 17.5 Å². The van der Waals surface area contributed by atoms with E-state index in [2.05, 4.69) is 10.4 Å². The minimum Gasteiger partial charge on any atom is -0.480 e. The molecule has 2 rings (SSSR count). The predicted molar refractivity (Wildman–Crippen MR) is 75.6 cm³/mol. The number of nitrogens with one attached hydrogen (secondary N) is 1. The minimum atomic E-state index is -0.954. The third-order valence-electron chi connectivity index (χ3n) is 3.22. The molecule has 1 aromatic heterocycles. The van der Waals surface area contributed by atoms with E-state index >= 15 is 0 Å². The summed E-state index contributed by atoms with van der Waals surface area (Å²) in [6.07, 6.45) is 1.84. The number of carbonyl (C=O) groups is 2. The Labute approximate surface area is 121 Å². The lowest BCUT2D eigenvalue weighted by Gasteiger charge is -2.32. The molecule has 110 valence electrons. The van der Waals surface area contributed by atoms with E-state index in [4.69, 9.17) is 5.11 Å². The highest BCUT2D eigenvalue weighted by Crippen LogP contribution is 2.17. The van der Waals surface area contributed by atoms with Gasteiger partial charge >= 0.3 is 12.0 Å². The van der Waals surface area contributed by atoms with Crippen molar-refractivity contribution in [1.82, 2.24) is 20.0 Å². The van der Waals surface area contributed by atoms with E-state index in [-0.39, 0.29) is 6.03 Å². The molecule has 2 N–H and O–H groups in total. The summed E-state index contributed by atoms with van der Waals surface area (Å²) in [4.78, 5) is 24.7. The molecule has 1 saturated heterocycles. The van der Waals surface area contributed by atoms with Crippen LogP contribution in [0.5, 0.6) is 0 Å². The maximum atomic E-state index is 12.1. The molecule has 7 nitrogen and oxygen atoms in total. The zero-order valence-electron chi connectivity index (χ0n) is 11.5. The van der Waals surface area contributed by atoms with E-state index in [1.54, 1.807) is 16.4 Å². The standard InChI is InChI=1S/C12H18N4O3S/c1-8-9(6-15(2)14-8)5-13-12(19)16-3-4-20-7-10(16)11(17)18/h6,10H,3-5,7H2,1-2H3,(H,13,19)(H,17,18). The predicted octanol–water partition coefficient (Wildman–Crippen LogP) is 0.440. The number of urea groups is 1. The van der Waals surface area contributed by atoms with Gasteiger partial charge in [-0.15, -0.1) is 0 Å². The lowest BCUT2D eigenvalue weighted by atomic mass is 10.2. The van der Waals surface area contributed by atoms with E-state index in [1.807, 2.05) is 20.2 Å². The Morgan fingerprint density at radius 3 is 2.95 bits per heavy atom. The molecule has 0 aromatic carbocycles. The highest BCUT2D eigenvalue weighted by atomic mass is 32.2. The molecular weight excluding hydrogens is 280 g/mol. The van der Waals surface area contributed by atoms with Crippen molar-refractivity contribution >= 4 is 23.8 Å². The van der Waals surface area contributed by atoms with E-state index < -0.39 is 12.0 Å². The van der Waals surface area contributed by atoms with Crippen molar-refractivity contribution in [1.29, 1.82) is 0 Å². The third-order valence-corrected chi connectivity index (χ3v) is 4.24. The molecule has 0 radical (unpaired) electrons. The number of aromatic nitrogens is 2. The molecule has 1 aromatic rings. The van der Waals surface area contributed by atoms with Crippen molar-refractivity contribution < 1.29 is 14.7 Å². The molecule has 2 amide bonds. The van der Waals surface area contributed by atoms with Crippen LogP contribution in [0.15, 0.2) is 6.20 Å². The van der Waals surface area contributed by atoms with Crippen LogP contribution in [0.1, 0.15) is 11.3 Å². The first-order valence-electron chi connectivity index (χ1n) is 6.33. The first kappa shape index (κ1) is 14.7. The van der Waals surface area contributed by atoms with Gasteiger partial charge in [-0.2, -0.15) is 16.9 Å². The Balaban J connectivity index is 1.96. The number of aryl methyl sites for hydroxylation is 2. The summed E-state index contributed by atoms with van der Waals surface area (Å²) in [6.45, 7) is 2.69. The van der Waals surface area contributed by atoms with Gasteiger partial charge in [-0.05, 0) is 6.92 Å². The van der Waals surface area contributed by atoms with Gasteiger partial charge in [0.2, 0.25) is 0 Å². The van der Waals surface area contributed by atoms with Crippen LogP contribution in [0.25, 0.3) is 0 Å². The number of amides is 2. The van der Waals surface area contributed by atoms with Gasteiger partial charge in [-0.25, -0.2) is 9.59 Å². The summed E-state index contributed by atoms with van der Waals surface area (Å²) in [6, 6.07) is -1.08. The maximum Gasteiger partial charge on any atom is 0.327 e. The molecule has 0 spiro atoms. The number of carboxylic acid groups (broad SMARTS) is 1. The second-order valence-electron chi connectivity index (χ2n) is 4.69. The van der Waals surface area contributed by atoms with Crippen LogP contribution >= 0.6 is 11.8 Å². The molecular formula is C12H18N4O3S. The van der Waals surface area contributed by atoms with Crippen LogP contribution in [0, 0.1) is 6.92 Å². The van der Waals surface area contributed by atoms with Crippen molar-refractivity contribution in [3.8, 4) is 0 Å². The molecule has 2 heterocycles. The first-order valence-corrected chi connectivity index (χ1v) is 7.48. The van der Waals surface area contributed by atoms with Crippen LogP contribution in [0.4, 0.5) is 4.79 Å². The van der Waals surface area contributed by atoms with E-state index in [0.717, 1.165) is 17.0 Å². The average Bonchev–Trinajstić information content (AvgIpc) is 2.74. The third kappa shape index (κ3) is 3.24. The fourth-order valence-electron chi connectivity index (χ4n) is 2.15. The van der Waals surface area contributed by atoms with Gasteiger partial charge < -0.3 is 15.3 Å². The Morgan fingerprint density at radius 1 is 1.60 bits per heavy atom. The lowest BCUT2D eigenvalue weighted by Crippen LogP contribution is -2.53. The molecule has 1 aliphatic rings. The summed E-state index contributed by atoms with van der Waals surface area (Å²) in [5.41, 5.74) is 1.79. The molecule has 8 heteroatoms. The van der Waals surface area contributed by atoms with Crippen LogP contribution in [-0.2, 0) is 18.4 Å². The van der Waals surface area contributed by atoms with Gasteiger partial charge in [0.1, 0.15) is 6.04 Å². The zero-order valence-corrected chi connectivity index (χ0v) is 12.3. The van der Waals surface area contributed by atoms with Crippen LogP contribution in [-0.4, -0.2) is 55.9 Å².